The van der Waals surface area contributed by atoms with Crippen LogP contribution >= 0.6 is 0 Å². The fraction of sp³-hybridized carbons (Fsp3) is 0.529. The molecule has 0 radical (unpaired) electrons. The van der Waals surface area contributed by atoms with Gasteiger partial charge in [0, 0.05) is 25.3 Å². The Morgan fingerprint density at radius 1 is 1.09 bits per heavy atom. The second-order valence-electron chi connectivity index (χ2n) is 5.17. The Labute approximate surface area is 133 Å². The number of benzene rings is 1. The van der Waals surface area contributed by atoms with Crippen molar-refractivity contribution in [2.24, 2.45) is 0 Å². The zero-order valence-corrected chi connectivity index (χ0v) is 14.1. The van der Waals surface area contributed by atoms with Gasteiger partial charge in [-0.15, -0.1) is 0 Å². The van der Waals surface area contributed by atoms with Gasteiger partial charge in [0.05, 0.1) is 0 Å². The van der Waals surface area contributed by atoms with Gasteiger partial charge in [-0.25, -0.2) is 0 Å². The molecule has 0 spiro atoms. The van der Waals surface area contributed by atoms with Crippen LogP contribution in [-0.2, 0) is 9.59 Å². The molecule has 0 atom stereocenters. The number of carbonyl (C=O) groups is 2. The van der Waals surface area contributed by atoms with E-state index in [0.29, 0.717) is 13.1 Å². The molecular weight excluding hydrogens is 278 g/mol. The second-order valence-corrected chi connectivity index (χ2v) is 5.17. The Bertz CT molecular complexity index is 498. The summed E-state index contributed by atoms with van der Waals surface area (Å²) < 4.78 is 0. The Hall–Kier alpha value is -1.88. The van der Waals surface area contributed by atoms with Crippen molar-refractivity contribution >= 4 is 17.5 Å². The van der Waals surface area contributed by atoms with E-state index in [2.05, 4.69) is 24.1 Å². The SMILES string of the molecule is CCN(CC)CCNC(=O)C(=O)N(CC)c1cccc(C)c1. The third-order valence-electron chi connectivity index (χ3n) is 3.68. The topological polar surface area (TPSA) is 52.7 Å². The van der Waals surface area contributed by atoms with Crippen LogP contribution in [0, 0.1) is 6.92 Å². The summed E-state index contributed by atoms with van der Waals surface area (Å²) in [5.41, 5.74) is 1.82. The first kappa shape index (κ1) is 18.2. The molecule has 0 aromatic heterocycles. The van der Waals surface area contributed by atoms with Gasteiger partial charge in [-0.2, -0.15) is 0 Å². The van der Waals surface area contributed by atoms with Crippen LogP contribution < -0.4 is 10.2 Å². The van der Waals surface area contributed by atoms with Crippen LogP contribution in [-0.4, -0.2) is 49.4 Å². The van der Waals surface area contributed by atoms with Crippen molar-refractivity contribution in [3.63, 3.8) is 0 Å². The lowest BCUT2D eigenvalue weighted by Crippen LogP contribution is -2.45. The van der Waals surface area contributed by atoms with E-state index in [9.17, 15) is 9.59 Å². The highest BCUT2D eigenvalue weighted by Gasteiger charge is 2.21. The summed E-state index contributed by atoms with van der Waals surface area (Å²) in [6.07, 6.45) is 0. The molecule has 0 aliphatic rings. The van der Waals surface area contributed by atoms with Crippen molar-refractivity contribution in [2.45, 2.75) is 27.7 Å². The molecule has 2 amide bonds. The molecule has 5 heteroatoms. The number of rotatable bonds is 7. The van der Waals surface area contributed by atoms with Crippen molar-refractivity contribution in [1.82, 2.24) is 10.2 Å². The van der Waals surface area contributed by atoms with Gasteiger partial charge in [-0.3, -0.25) is 9.59 Å². The normalized spacial score (nSPS) is 10.6. The highest BCUT2D eigenvalue weighted by atomic mass is 16.2. The summed E-state index contributed by atoms with van der Waals surface area (Å²) in [5.74, 6) is -1.05. The van der Waals surface area contributed by atoms with E-state index in [0.717, 1.165) is 30.9 Å². The van der Waals surface area contributed by atoms with E-state index in [4.69, 9.17) is 0 Å². The number of nitrogens with zero attached hydrogens (tertiary/aromatic N) is 2. The second kappa shape index (κ2) is 9.20. The number of aryl methyl sites for hydroxylation is 1. The molecule has 0 saturated heterocycles. The van der Waals surface area contributed by atoms with E-state index in [-0.39, 0.29) is 0 Å². The maximum Gasteiger partial charge on any atom is 0.316 e. The van der Waals surface area contributed by atoms with Gasteiger partial charge in [-0.05, 0) is 44.6 Å². The smallest absolute Gasteiger partial charge is 0.316 e. The minimum Gasteiger partial charge on any atom is -0.347 e. The molecule has 22 heavy (non-hydrogen) atoms. The van der Waals surface area contributed by atoms with E-state index in [1.54, 1.807) is 0 Å². The van der Waals surface area contributed by atoms with Gasteiger partial charge >= 0.3 is 11.8 Å². The molecule has 0 saturated carbocycles. The Balaban J connectivity index is 2.62. The van der Waals surface area contributed by atoms with Crippen molar-refractivity contribution in [2.75, 3.05) is 37.6 Å². The number of carbonyl (C=O) groups excluding carboxylic acids is 2. The molecule has 1 aromatic carbocycles. The average Bonchev–Trinajstić information content (AvgIpc) is 2.52. The van der Waals surface area contributed by atoms with E-state index < -0.39 is 11.8 Å². The van der Waals surface area contributed by atoms with Gasteiger partial charge in [-0.1, -0.05) is 26.0 Å². The van der Waals surface area contributed by atoms with Crippen molar-refractivity contribution < 1.29 is 9.59 Å². The maximum atomic E-state index is 12.3. The highest BCUT2D eigenvalue weighted by molar-refractivity contribution is 6.40. The summed E-state index contributed by atoms with van der Waals surface area (Å²) in [5, 5.41) is 2.71. The number of nitrogens with one attached hydrogen (secondary N) is 1. The van der Waals surface area contributed by atoms with Crippen LogP contribution in [0.5, 0.6) is 0 Å². The van der Waals surface area contributed by atoms with E-state index >= 15 is 0 Å². The number of amides is 2. The van der Waals surface area contributed by atoms with Crippen LogP contribution in [0.25, 0.3) is 0 Å². The summed E-state index contributed by atoms with van der Waals surface area (Å²) in [6.45, 7) is 11.6. The Morgan fingerprint density at radius 3 is 2.32 bits per heavy atom. The zero-order valence-electron chi connectivity index (χ0n) is 14.1. The fourth-order valence-electron chi connectivity index (χ4n) is 2.30. The Kier molecular flexibility index (Phi) is 7.60. The van der Waals surface area contributed by atoms with E-state index in [1.165, 1.54) is 4.90 Å². The molecule has 0 aliphatic carbocycles. The molecule has 0 unspecified atom stereocenters. The molecule has 0 bridgehead atoms. The van der Waals surface area contributed by atoms with Crippen molar-refractivity contribution in [1.29, 1.82) is 0 Å². The molecule has 5 nitrogen and oxygen atoms in total. The van der Waals surface area contributed by atoms with E-state index in [1.807, 2.05) is 38.1 Å². The lowest BCUT2D eigenvalue weighted by molar-refractivity contribution is -0.137. The number of hydrogen-bond acceptors (Lipinski definition) is 3. The monoisotopic (exact) mass is 305 g/mol. The maximum absolute atomic E-state index is 12.3. The minimum atomic E-state index is -0.546. The van der Waals surface area contributed by atoms with Gasteiger partial charge in [0.15, 0.2) is 0 Å². The average molecular weight is 305 g/mol. The van der Waals surface area contributed by atoms with Crippen LogP contribution in [0.2, 0.25) is 0 Å². The van der Waals surface area contributed by atoms with Gasteiger partial charge in [0.2, 0.25) is 0 Å². The van der Waals surface area contributed by atoms with Crippen molar-refractivity contribution in [3.05, 3.63) is 29.8 Å². The predicted molar refractivity (Wildman–Crippen MR) is 90.0 cm³/mol. The quantitative estimate of drug-likeness (QED) is 0.782. The number of anilines is 1. The largest absolute Gasteiger partial charge is 0.347 e. The third-order valence-corrected chi connectivity index (χ3v) is 3.68. The highest BCUT2D eigenvalue weighted by Crippen LogP contribution is 2.15. The van der Waals surface area contributed by atoms with Crippen LogP contribution in [0.15, 0.2) is 24.3 Å². The molecule has 1 N–H and O–H groups in total. The summed E-state index contributed by atoms with van der Waals surface area (Å²) in [6, 6.07) is 7.60. The molecule has 0 fully saturated rings. The van der Waals surface area contributed by atoms with Crippen LogP contribution in [0.3, 0.4) is 0 Å². The summed E-state index contributed by atoms with van der Waals surface area (Å²) in [4.78, 5) is 28.0. The van der Waals surface area contributed by atoms with Crippen LogP contribution in [0.1, 0.15) is 26.3 Å². The first-order chi connectivity index (χ1) is 10.5. The zero-order chi connectivity index (χ0) is 16.5. The fourth-order valence-corrected chi connectivity index (χ4v) is 2.30. The van der Waals surface area contributed by atoms with Crippen molar-refractivity contribution in [3.8, 4) is 0 Å². The first-order valence-electron chi connectivity index (χ1n) is 7.92. The number of likely N-dealkylation sites (N-methyl/N-ethyl adjacent to an activating group) is 2. The lowest BCUT2D eigenvalue weighted by Gasteiger charge is -2.22. The number of hydrogen-bond donors (Lipinski definition) is 1. The molecule has 0 heterocycles. The molecule has 0 aliphatic heterocycles. The summed E-state index contributed by atoms with van der Waals surface area (Å²) >= 11 is 0. The van der Waals surface area contributed by atoms with Crippen LogP contribution in [0.4, 0.5) is 5.69 Å². The first-order valence-corrected chi connectivity index (χ1v) is 7.92. The summed E-state index contributed by atoms with van der Waals surface area (Å²) in [7, 11) is 0. The Morgan fingerprint density at radius 2 is 1.77 bits per heavy atom. The lowest BCUT2D eigenvalue weighted by atomic mass is 10.2. The minimum absolute atomic E-state index is 0.464. The van der Waals surface area contributed by atoms with Gasteiger partial charge in [0.25, 0.3) is 0 Å². The third kappa shape index (κ3) is 5.15. The predicted octanol–water partition coefficient (Wildman–Crippen LogP) is 1.81. The molecule has 1 rings (SSSR count). The van der Waals surface area contributed by atoms with Gasteiger partial charge < -0.3 is 15.1 Å². The molecule has 1 aromatic rings. The standard InChI is InChI=1S/C17H27N3O2/c1-5-19(6-2)12-11-18-16(21)17(22)20(7-3)15-10-8-9-14(4)13-15/h8-10,13H,5-7,11-12H2,1-4H3,(H,18,21). The molecule has 122 valence electrons. The van der Waals surface area contributed by atoms with Gasteiger partial charge in [0.1, 0.15) is 0 Å². The molecular formula is C17H27N3O2.